The second-order valence-corrected chi connectivity index (χ2v) is 7.04. The second-order valence-electron chi connectivity index (χ2n) is 4.17. The first-order chi connectivity index (χ1) is 9.30. The summed E-state index contributed by atoms with van der Waals surface area (Å²) in [6.45, 7) is 1.75. The van der Waals surface area contributed by atoms with E-state index in [9.17, 15) is 12.8 Å². The van der Waals surface area contributed by atoms with Gasteiger partial charge in [-0.3, -0.25) is 5.10 Å². The molecule has 0 aliphatic rings. The Morgan fingerprint density at radius 3 is 2.70 bits per heavy atom. The van der Waals surface area contributed by atoms with Crippen LogP contribution in [-0.2, 0) is 16.6 Å². The quantitative estimate of drug-likeness (QED) is 0.899. The van der Waals surface area contributed by atoms with Crippen LogP contribution in [0.15, 0.2) is 27.6 Å². The highest BCUT2D eigenvalue weighted by Crippen LogP contribution is 2.25. The first kappa shape index (κ1) is 15.1. The summed E-state index contributed by atoms with van der Waals surface area (Å²) in [4.78, 5) is 4.04. The van der Waals surface area contributed by atoms with Gasteiger partial charge in [-0.25, -0.2) is 17.8 Å². The zero-order valence-electron chi connectivity index (χ0n) is 10.8. The Bertz CT molecular complexity index is 732. The highest BCUT2D eigenvalue weighted by molar-refractivity contribution is 9.10. The fourth-order valence-electron chi connectivity index (χ4n) is 1.60. The highest BCUT2D eigenvalue weighted by Gasteiger charge is 2.24. The molecule has 0 saturated carbocycles. The van der Waals surface area contributed by atoms with Gasteiger partial charge < -0.3 is 0 Å². The minimum absolute atomic E-state index is 0.00587. The average Bonchev–Trinajstić information content (AvgIpc) is 2.74. The number of rotatable bonds is 4. The molecule has 2 rings (SSSR count). The summed E-state index contributed by atoms with van der Waals surface area (Å²) in [6, 6.07) is 3.43. The van der Waals surface area contributed by atoms with Crippen molar-refractivity contribution in [2.75, 3.05) is 7.05 Å². The fraction of sp³-hybridized carbons (Fsp3) is 0.273. The molecule has 0 fully saturated rings. The van der Waals surface area contributed by atoms with E-state index >= 15 is 0 Å². The first-order valence-corrected chi connectivity index (χ1v) is 7.83. The molecule has 0 aliphatic carbocycles. The summed E-state index contributed by atoms with van der Waals surface area (Å²) in [5, 5.41) is 6.53. The predicted octanol–water partition coefficient (Wildman–Crippen LogP) is 1.84. The van der Waals surface area contributed by atoms with Gasteiger partial charge in [0.05, 0.1) is 11.4 Å². The van der Waals surface area contributed by atoms with Crippen LogP contribution in [0.3, 0.4) is 0 Å². The van der Waals surface area contributed by atoms with Gasteiger partial charge in [0.2, 0.25) is 10.0 Å². The van der Waals surface area contributed by atoms with Crippen LogP contribution in [0.5, 0.6) is 0 Å². The smallest absolute Gasteiger partial charge is 0.244 e. The van der Waals surface area contributed by atoms with Crippen molar-refractivity contribution >= 4 is 26.0 Å². The molecule has 9 heteroatoms. The van der Waals surface area contributed by atoms with E-state index in [1.807, 2.05) is 0 Å². The van der Waals surface area contributed by atoms with Crippen LogP contribution < -0.4 is 0 Å². The molecule has 1 aromatic carbocycles. The van der Waals surface area contributed by atoms with E-state index in [1.54, 1.807) is 6.92 Å². The van der Waals surface area contributed by atoms with E-state index in [0.717, 1.165) is 16.4 Å². The van der Waals surface area contributed by atoms with Crippen LogP contribution in [0.1, 0.15) is 11.6 Å². The largest absolute Gasteiger partial charge is 0.263 e. The normalized spacial score (nSPS) is 12.1. The molecule has 0 amide bonds. The van der Waals surface area contributed by atoms with Crippen molar-refractivity contribution in [1.29, 1.82) is 0 Å². The lowest BCUT2D eigenvalue weighted by Gasteiger charge is -2.16. The standard InChI is InChI=1S/C11H12BrFN4O2S/c1-7-14-11(16-15-7)6-17(2)20(18,19)10-4-3-8(13)5-9(10)12/h3-5H,6H2,1-2H3,(H,14,15,16). The third kappa shape index (κ3) is 3.05. The van der Waals surface area contributed by atoms with Gasteiger partial charge >= 0.3 is 0 Å². The van der Waals surface area contributed by atoms with Crippen LogP contribution >= 0.6 is 15.9 Å². The van der Waals surface area contributed by atoms with Crippen molar-refractivity contribution in [2.24, 2.45) is 0 Å². The number of aryl methyl sites for hydroxylation is 1. The van der Waals surface area contributed by atoms with Gasteiger partial charge in [0, 0.05) is 11.5 Å². The summed E-state index contributed by atoms with van der Waals surface area (Å²) >= 11 is 3.06. The molecule has 2 aromatic rings. The first-order valence-electron chi connectivity index (χ1n) is 5.60. The summed E-state index contributed by atoms with van der Waals surface area (Å²) < 4.78 is 39.1. The summed E-state index contributed by atoms with van der Waals surface area (Å²) in [5.74, 6) is 0.462. The van der Waals surface area contributed by atoms with E-state index in [4.69, 9.17) is 0 Å². The number of halogens is 2. The average molecular weight is 363 g/mol. The molecule has 0 aliphatic heterocycles. The number of aromatic nitrogens is 3. The topological polar surface area (TPSA) is 79.0 Å². The van der Waals surface area contributed by atoms with Crippen molar-refractivity contribution in [3.63, 3.8) is 0 Å². The monoisotopic (exact) mass is 362 g/mol. The van der Waals surface area contributed by atoms with Gasteiger partial charge in [-0.15, -0.1) is 0 Å². The van der Waals surface area contributed by atoms with Crippen molar-refractivity contribution < 1.29 is 12.8 Å². The van der Waals surface area contributed by atoms with Gasteiger partial charge in [-0.05, 0) is 41.1 Å². The predicted molar refractivity (Wildman–Crippen MR) is 73.9 cm³/mol. The number of benzene rings is 1. The van der Waals surface area contributed by atoms with E-state index < -0.39 is 15.8 Å². The maximum Gasteiger partial charge on any atom is 0.244 e. The van der Waals surface area contributed by atoms with E-state index in [1.165, 1.54) is 13.1 Å². The molecule has 1 N–H and O–H groups in total. The third-order valence-electron chi connectivity index (χ3n) is 2.59. The molecule has 1 heterocycles. The molecule has 0 unspecified atom stereocenters. The molecule has 0 saturated heterocycles. The number of aromatic amines is 1. The third-order valence-corrected chi connectivity index (χ3v) is 5.37. The zero-order chi connectivity index (χ0) is 14.9. The molecular weight excluding hydrogens is 351 g/mol. The maximum atomic E-state index is 13.0. The minimum Gasteiger partial charge on any atom is -0.263 e. The maximum absolute atomic E-state index is 13.0. The summed E-state index contributed by atoms with van der Waals surface area (Å²) in [7, 11) is -2.34. The summed E-state index contributed by atoms with van der Waals surface area (Å²) in [5.41, 5.74) is 0. The Kier molecular flexibility index (Phi) is 4.21. The van der Waals surface area contributed by atoms with Gasteiger partial charge in [-0.2, -0.15) is 9.40 Å². The number of hydrogen-bond donors (Lipinski definition) is 1. The Morgan fingerprint density at radius 2 is 2.15 bits per heavy atom. The van der Waals surface area contributed by atoms with E-state index in [-0.39, 0.29) is 15.9 Å². The van der Waals surface area contributed by atoms with Crippen molar-refractivity contribution in [2.45, 2.75) is 18.4 Å². The molecule has 20 heavy (non-hydrogen) atoms. The van der Waals surface area contributed by atoms with Crippen molar-refractivity contribution in [3.8, 4) is 0 Å². The zero-order valence-corrected chi connectivity index (χ0v) is 13.2. The van der Waals surface area contributed by atoms with Gasteiger partial charge in [-0.1, -0.05) is 0 Å². The lowest BCUT2D eigenvalue weighted by atomic mass is 10.3. The van der Waals surface area contributed by atoms with Crippen LogP contribution in [0.4, 0.5) is 4.39 Å². The molecule has 1 aromatic heterocycles. The lowest BCUT2D eigenvalue weighted by molar-refractivity contribution is 0.456. The van der Waals surface area contributed by atoms with E-state index in [2.05, 4.69) is 31.1 Å². The Labute approximate surface area is 124 Å². The van der Waals surface area contributed by atoms with Crippen molar-refractivity contribution in [1.82, 2.24) is 19.5 Å². The number of H-pyrrole nitrogens is 1. The van der Waals surface area contributed by atoms with Gasteiger partial charge in [0.15, 0.2) is 5.82 Å². The molecule has 0 radical (unpaired) electrons. The molecule has 0 bridgehead atoms. The molecule has 6 nitrogen and oxygen atoms in total. The molecule has 0 atom stereocenters. The molecule has 108 valence electrons. The SMILES string of the molecule is Cc1nc(CN(C)S(=O)(=O)c2ccc(F)cc2Br)n[nH]1. The van der Waals surface area contributed by atoms with Gasteiger partial charge in [0.25, 0.3) is 0 Å². The van der Waals surface area contributed by atoms with Crippen LogP contribution in [-0.4, -0.2) is 35.0 Å². The molecule has 0 spiro atoms. The van der Waals surface area contributed by atoms with Crippen molar-refractivity contribution in [3.05, 3.63) is 40.1 Å². The minimum atomic E-state index is -3.75. The Balaban J connectivity index is 2.29. The fourth-order valence-corrected chi connectivity index (χ4v) is 3.73. The number of hydrogen-bond acceptors (Lipinski definition) is 4. The number of sulfonamides is 1. The Morgan fingerprint density at radius 1 is 1.45 bits per heavy atom. The Hall–Kier alpha value is -1.32. The number of nitrogens with zero attached hydrogens (tertiary/aromatic N) is 3. The molecular formula is C11H12BrFN4O2S. The van der Waals surface area contributed by atoms with E-state index in [0.29, 0.717) is 11.6 Å². The number of nitrogens with one attached hydrogen (secondary N) is 1. The summed E-state index contributed by atoms with van der Waals surface area (Å²) in [6.07, 6.45) is 0. The van der Waals surface area contributed by atoms with Crippen LogP contribution in [0, 0.1) is 12.7 Å². The lowest BCUT2D eigenvalue weighted by Crippen LogP contribution is -2.27. The van der Waals surface area contributed by atoms with Gasteiger partial charge in [0.1, 0.15) is 11.6 Å². The van der Waals surface area contributed by atoms with Crippen LogP contribution in [0.25, 0.3) is 0 Å². The second kappa shape index (κ2) is 5.58. The van der Waals surface area contributed by atoms with Crippen LogP contribution in [0.2, 0.25) is 0 Å². The highest BCUT2D eigenvalue weighted by atomic mass is 79.9.